The maximum absolute atomic E-state index is 11.8. The highest BCUT2D eigenvalue weighted by atomic mass is 79.9. The topological polar surface area (TPSA) is 59.6 Å². The van der Waals surface area contributed by atoms with Crippen LogP contribution >= 0.6 is 44.1 Å². The van der Waals surface area contributed by atoms with Crippen LogP contribution in [-0.4, -0.2) is 36.9 Å². The number of rotatable bonds is 5. The van der Waals surface area contributed by atoms with Crippen molar-refractivity contribution in [2.24, 2.45) is 0 Å². The second-order valence-electron chi connectivity index (χ2n) is 4.76. The lowest BCUT2D eigenvalue weighted by Crippen LogP contribution is -2.43. The first kappa shape index (κ1) is 17.7. The summed E-state index contributed by atoms with van der Waals surface area (Å²) in [5.41, 5.74) is 0. The van der Waals surface area contributed by atoms with Crippen LogP contribution in [0.2, 0.25) is 0 Å². The Labute approximate surface area is 151 Å². The molecule has 1 unspecified atom stereocenters. The van der Waals surface area contributed by atoms with Crippen LogP contribution in [-0.2, 0) is 9.53 Å². The van der Waals surface area contributed by atoms with Crippen LogP contribution in [0.5, 0.6) is 5.75 Å². The summed E-state index contributed by atoms with van der Waals surface area (Å²) in [6.45, 7) is 1.29. The Morgan fingerprint density at radius 1 is 1.45 bits per heavy atom. The predicted octanol–water partition coefficient (Wildman–Crippen LogP) is 2.76. The number of nitrogens with one attached hydrogen (secondary N) is 2. The Morgan fingerprint density at radius 2 is 2.27 bits per heavy atom. The molecule has 8 heteroatoms. The Hall–Kier alpha value is -0.700. The third-order valence-corrected chi connectivity index (χ3v) is 4.38. The van der Waals surface area contributed by atoms with Gasteiger partial charge < -0.3 is 20.1 Å². The van der Waals surface area contributed by atoms with E-state index < -0.39 is 0 Å². The molecule has 0 bridgehead atoms. The van der Waals surface area contributed by atoms with E-state index in [9.17, 15) is 4.79 Å². The molecule has 0 spiro atoms. The summed E-state index contributed by atoms with van der Waals surface area (Å²) in [5, 5.41) is 5.85. The molecule has 1 aromatic rings. The number of hydrogen-bond donors (Lipinski definition) is 2. The predicted molar refractivity (Wildman–Crippen MR) is 95.1 cm³/mol. The van der Waals surface area contributed by atoms with Gasteiger partial charge in [-0.3, -0.25) is 4.79 Å². The van der Waals surface area contributed by atoms with Gasteiger partial charge >= 0.3 is 0 Å². The summed E-state index contributed by atoms with van der Waals surface area (Å²) in [6.07, 6.45) is 2.26. The first-order valence-electron chi connectivity index (χ1n) is 6.82. The van der Waals surface area contributed by atoms with E-state index in [0.29, 0.717) is 17.4 Å². The number of carbonyl (C=O) groups excluding carboxylic acids is 1. The monoisotopic (exact) mass is 450 g/mol. The maximum atomic E-state index is 11.8. The molecule has 2 N–H and O–H groups in total. The summed E-state index contributed by atoms with van der Waals surface area (Å²) in [6, 6.07) is 5.46. The smallest absolute Gasteiger partial charge is 0.264 e. The molecule has 0 saturated carbocycles. The van der Waals surface area contributed by atoms with Crippen molar-refractivity contribution < 1.29 is 14.3 Å². The van der Waals surface area contributed by atoms with E-state index in [1.165, 1.54) is 0 Å². The minimum absolute atomic E-state index is 0.109. The molecule has 1 fully saturated rings. The maximum Gasteiger partial charge on any atom is 0.264 e. The number of ether oxygens (including phenoxy) is 2. The molecule has 1 saturated heterocycles. The average molecular weight is 452 g/mol. The number of halogens is 2. The first-order valence-corrected chi connectivity index (χ1v) is 8.81. The number of amides is 1. The van der Waals surface area contributed by atoms with Gasteiger partial charge in [0, 0.05) is 17.6 Å². The second kappa shape index (κ2) is 8.81. The number of carbonyl (C=O) groups is 1. The highest BCUT2D eigenvalue weighted by Crippen LogP contribution is 2.28. The van der Waals surface area contributed by atoms with E-state index in [0.717, 1.165) is 28.4 Å². The van der Waals surface area contributed by atoms with E-state index in [4.69, 9.17) is 21.7 Å². The molecule has 0 radical (unpaired) electrons. The van der Waals surface area contributed by atoms with Crippen LogP contribution in [0.4, 0.5) is 0 Å². The van der Waals surface area contributed by atoms with Gasteiger partial charge in [-0.25, -0.2) is 0 Å². The van der Waals surface area contributed by atoms with Crippen LogP contribution < -0.4 is 15.4 Å². The van der Waals surface area contributed by atoms with Gasteiger partial charge in [0.25, 0.3) is 5.91 Å². The van der Waals surface area contributed by atoms with Crippen LogP contribution in [0.25, 0.3) is 0 Å². The molecule has 1 heterocycles. The summed E-state index contributed by atoms with van der Waals surface area (Å²) < 4.78 is 12.6. The molecule has 120 valence electrons. The minimum Gasteiger partial charge on any atom is -0.483 e. The largest absolute Gasteiger partial charge is 0.483 e. The van der Waals surface area contributed by atoms with Crippen LogP contribution in [0.1, 0.15) is 12.8 Å². The van der Waals surface area contributed by atoms with Crippen molar-refractivity contribution in [3.63, 3.8) is 0 Å². The third-order valence-electron chi connectivity index (χ3n) is 3.02. The Morgan fingerprint density at radius 3 is 2.95 bits per heavy atom. The van der Waals surface area contributed by atoms with Crippen molar-refractivity contribution in [2.45, 2.75) is 18.9 Å². The lowest BCUT2D eigenvalue weighted by Gasteiger charge is -2.13. The van der Waals surface area contributed by atoms with Gasteiger partial charge in [-0.1, -0.05) is 15.9 Å². The fourth-order valence-electron chi connectivity index (χ4n) is 1.95. The van der Waals surface area contributed by atoms with Crippen molar-refractivity contribution in [1.82, 2.24) is 10.6 Å². The molecule has 0 aliphatic carbocycles. The molecule has 5 nitrogen and oxygen atoms in total. The molecular weight excluding hydrogens is 436 g/mol. The van der Waals surface area contributed by atoms with E-state index in [1.807, 2.05) is 12.1 Å². The Balaban J connectivity index is 1.69. The second-order valence-corrected chi connectivity index (χ2v) is 6.93. The van der Waals surface area contributed by atoms with Crippen LogP contribution in [0.15, 0.2) is 27.1 Å². The highest BCUT2D eigenvalue weighted by Gasteiger charge is 2.16. The molecule has 1 atom stereocenters. The number of hydrogen-bond acceptors (Lipinski definition) is 4. The van der Waals surface area contributed by atoms with Gasteiger partial charge in [0.05, 0.1) is 10.6 Å². The van der Waals surface area contributed by atoms with Crippen molar-refractivity contribution in [1.29, 1.82) is 0 Å². The molecule has 0 aromatic heterocycles. The van der Waals surface area contributed by atoms with E-state index >= 15 is 0 Å². The van der Waals surface area contributed by atoms with Gasteiger partial charge in [-0.05, 0) is 59.2 Å². The number of benzene rings is 1. The Kier molecular flexibility index (Phi) is 7.07. The molecule has 1 aliphatic heterocycles. The van der Waals surface area contributed by atoms with E-state index in [2.05, 4.69) is 42.5 Å². The molecule has 1 aliphatic rings. The van der Waals surface area contributed by atoms with Crippen LogP contribution in [0, 0.1) is 0 Å². The fraction of sp³-hybridized carbons (Fsp3) is 0.429. The van der Waals surface area contributed by atoms with E-state index in [-0.39, 0.29) is 18.6 Å². The number of thiocarbonyl (C=S) groups is 1. The normalized spacial score (nSPS) is 17.1. The fourth-order valence-corrected chi connectivity index (χ4v) is 3.31. The van der Waals surface area contributed by atoms with Gasteiger partial charge in [-0.2, -0.15) is 0 Å². The molecule has 1 amide bonds. The zero-order chi connectivity index (χ0) is 15.9. The summed E-state index contributed by atoms with van der Waals surface area (Å²) >= 11 is 11.8. The third kappa shape index (κ3) is 5.83. The summed E-state index contributed by atoms with van der Waals surface area (Å²) in [7, 11) is 0. The van der Waals surface area contributed by atoms with Gasteiger partial charge in [0.2, 0.25) is 0 Å². The standard InChI is InChI=1S/C14H16Br2N2O3S/c15-9-3-4-12(11(16)6-9)21-8-13(19)18-14(22)17-7-10-2-1-5-20-10/h3-4,6,10H,1-2,5,7-8H2,(H2,17,18,19,22). The SMILES string of the molecule is O=C(COc1ccc(Br)cc1Br)NC(=S)NCC1CCCO1. The lowest BCUT2D eigenvalue weighted by atomic mass is 10.2. The minimum atomic E-state index is -0.306. The van der Waals surface area contributed by atoms with Crippen molar-refractivity contribution in [2.75, 3.05) is 19.8 Å². The molecule has 2 rings (SSSR count). The molecule has 22 heavy (non-hydrogen) atoms. The highest BCUT2D eigenvalue weighted by molar-refractivity contribution is 9.11. The quantitative estimate of drug-likeness (QED) is 0.674. The van der Waals surface area contributed by atoms with Crippen molar-refractivity contribution in [3.05, 3.63) is 27.1 Å². The zero-order valence-electron chi connectivity index (χ0n) is 11.7. The average Bonchev–Trinajstić information content (AvgIpc) is 2.97. The van der Waals surface area contributed by atoms with Gasteiger partial charge in [0.1, 0.15) is 5.75 Å². The lowest BCUT2D eigenvalue weighted by molar-refractivity contribution is -0.121. The van der Waals surface area contributed by atoms with E-state index in [1.54, 1.807) is 6.07 Å². The first-order chi connectivity index (χ1) is 10.5. The summed E-state index contributed by atoms with van der Waals surface area (Å²) in [5.74, 6) is 0.288. The van der Waals surface area contributed by atoms with Gasteiger partial charge in [0.15, 0.2) is 11.7 Å². The van der Waals surface area contributed by atoms with Gasteiger partial charge in [-0.15, -0.1) is 0 Å². The van der Waals surface area contributed by atoms with Crippen molar-refractivity contribution in [3.8, 4) is 5.75 Å². The van der Waals surface area contributed by atoms with Crippen LogP contribution in [0.3, 0.4) is 0 Å². The summed E-state index contributed by atoms with van der Waals surface area (Å²) in [4.78, 5) is 11.8. The molecule has 1 aromatic carbocycles. The van der Waals surface area contributed by atoms with Crippen molar-refractivity contribution >= 4 is 55.1 Å². The Bertz CT molecular complexity index is 551. The zero-order valence-corrected chi connectivity index (χ0v) is 15.7. The molecular formula is C14H16Br2N2O3S.